The molecule has 1 aromatic heterocycles. The van der Waals surface area contributed by atoms with E-state index >= 15 is 0 Å². The number of hydrogen-bond donors (Lipinski definition) is 2. The van der Waals surface area contributed by atoms with Crippen LogP contribution < -0.4 is 20.1 Å². The molecule has 2 N–H and O–H groups in total. The standard InChI is InChI=1S/C20H20Cl2N4O2/c1-27-15-8-16(28-2)19(22)17(18(15)21)12-4-3-5-14-13(12)10-24-20(26-14)25-11-6-7-23-9-11/h3-5,8,10-11,23H,6-7,9H2,1-2H3,(H,24,25,26)/t11-/m1/s1. The summed E-state index contributed by atoms with van der Waals surface area (Å²) >= 11 is 13.2. The summed E-state index contributed by atoms with van der Waals surface area (Å²) in [5, 5.41) is 8.38. The Morgan fingerprint density at radius 3 is 2.54 bits per heavy atom. The summed E-state index contributed by atoms with van der Waals surface area (Å²) in [6.07, 6.45) is 2.84. The monoisotopic (exact) mass is 418 g/mol. The van der Waals surface area contributed by atoms with Crippen LogP contribution in [-0.2, 0) is 0 Å². The number of benzene rings is 2. The zero-order chi connectivity index (χ0) is 19.7. The number of anilines is 1. The Bertz CT molecular complexity index is 994. The van der Waals surface area contributed by atoms with Crippen molar-refractivity contribution in [2.75, 3.05) is 32.6 Å². The van der Waals surface area contributed by atoms with Crippen LogP contribution in [0.2, 0.25) is 10.0 Å². The second kappa shape index (κ2) is 7.99. The van der Waals surface area contributed by atoms with Gasteiger partial charge in [0.15, 0.2) is 0 Å². The van der Waals surface area contributed by atoms with Gasteiger partial charge in [-0.3, -0.25) is 0 Å². The molecule has 146 valence electrons. The molecular weight excluding hydrogens is 399 g/mol. The van der Waals surface area contributed by atoms with Crippen molar-refractivity contribution >= 4 is 40.1 Å². The van der Waals surface area contributed by atoms with Crippen molar-refractivity contribution in [3.8, 4) is 22.6 Å². The molecule has 0 radical (unpaired) electrons. The van der Waals surface area contributed by atoms with Gasteiger partial charge in [-0.1, -0.05) is 35.3 Å². The third kappa shape index (κ3) is 3.43. The van der Waals surface area contributed by atoms with Crippen LogP contribution >= 0.6 is 23.2 Å². The van der Waals surface area contributed by atoms with Gasteiger partial charge in [0.25, 0.3) is 0 Å². The fraction of sp³-hybridized carbons (Fsp3) is 0.300. The molecule has 0 saturated carbocycles. The first-order valence-electron chi connectivity index (χ1n) is 8.95. The lowest BCUT2D eigenvalue weighted by Crippen LogP contribution is -2.23. The van der Waals surface area contributed by atoms with E-state index in [9.17, 15) is 0 Å². The molecule has 28 heavy (non-hydrogen) atoms. The van der Waals surface area contributed by atoms with E-state index in [2.05, 4.69) is 20.6 Å². The lowest BCUT2D eigenvalue weighted by Gasteiger charge is -2.16. The Morgan fingerprint density at radius 2 is 1.89 bits per heavy atom. The van der Waals surface area contributed by atoms with Crippen LogP contribution in [0.3, 0.4) is 0 Å². The van der Waals surface area contributed by atoms with Gasteiger partial charge in [0, 0.05) is 35.8 Å². The van der Waals surface area contributed by atoms with Crippen LogP contribution in [0.15, 0.2) is 30.5 Å². The number of halogens is 2. The van der Waals surface area contributed by atoms with E-state index in [1.165, 1.54) is 0 Å². The second-order valence-corrected chi connectivity index (χ2v) is 7.31. The van der Waals surface area contributed by atoms with Crippen molar-refractivity contribution in [1.29, 1.82) is 0 Å². The highest BCUT2D eigenvalue weighted by Gasteiger charge is 2.21. The smallest absolute Gasteiger partial charge is 0.223 e. The number of nitrogens with zero attached hydrogens (tertiary/aromatic N) is 2. The van der Waals surface area contributed by atoms with Gasteiger partial charge >= 0.3 is 0 Å². The van der Waals surface area contributed by atoms with Crippen molar-refractivity contribution in [1.82, 2.24) is 15.3 Å². The quantitative estimate of drug-likeness (QED) is 0.639. The first-order chi connectivity index (χ1) is 13.6. The molecule has 0 amide bonds. The maximum atomic E-state index is 6.60. The normalized spacial score (nSPS) is 16.4. The average molecular weight is 419 g/mol. The van der Waals surface area contributed by atoms with Crippen LogP contribution in [0.5, 0.6) is 11.5 Å². The number of fused-ring (bicyclic) bond motifs is 1. The van der Waals surface area contributed by atoms with E-state index in [1.54, 1.807) is 26.5 Å². The number of rotatable bonds is 5. The van der Waals surface area contributed by atoms with E-state index < -0.39 is 0 Å². The maximum Gasteiger partial charge on any atom is 0.223 e. The molecular formula is C20H20Cl2N4O2. The fourth-order valence-electron chi connectivity index (χ4n) is 3.42. The molecule has 6 nitrogen and oxygen atoms in total. The van der Waals surface area contributed by atoms with Crippen LogP contribution in [-0.4, -0.2) is 43.3 Å². The van der Waals surface area contributed by atoms with Crippen molar-refractivity contribution in [2.24, 2.45) is 0 Å². The van der Waals surface area contributed by atoms with E-state index in [1.807, 2.05) is 18.2 Å². The van der Waals surface area contributed by atoms with Crippen LogP contribution in [0.25, 0.3) is 22.0 Å². The Balaban J connectivity index is 1.83. The number of nitrogens with one attached hydrogen (secondary N) is 2. The molecule has 0 aliphatic carbocycles. The summed E-state index contributed by atoms with van der Waals surface area (Å²) in [6.45, 7) is 1.92. The molecule has 1 aliphatic heterocycles. The Kier molecular flexibility index (Phi) is 5.44. The van der Waals surface area contributed by atoms with Crippen molar-refractivity contribution in [3.63, 3.8) is 0 Å². The highest BCUT2D eigenvalue weighted by molar-refractivity contribution is 6.41. The lowest BCUT2D eigenvalue weighted by molar-refractivity contribution is 0.395. The van der Waals surface area contributed by atoms with Gasteiger partial charge in [-0.2, -0.15) is 0 Å². The molecule has 8 heteroatoms. The minimum atomic E-state index is 0.340. The zero-order valence-electron chi connectivity index (χ0n) is 15.6. The number of ether oxygens (including phenoxy) is 2. The highest BCUT2D eigenvalue weighted by Crippen LogP contribution is 2.47. The molecule has 1 saturated heterocycles. The summed E-state index contributed by atoms with van der Waals surface area (Å²) in [5.74, 6) is 1.59. The first kappa shape index (κ1) is 19.1. The van der Waals surface area contributed by atoms with Crippen LogP contribution in [0.1, 0.15) is 6.42 Å². The summed E-state index contributed by atoms with van der Waals surface area (Å²) in [5.41, 5.74) is 2.25. The van der Waals surface area contributed by atoms with E-state index in [4.69, 9.17) is 32.7 Å². The number of hydrogen-bond acceptors (Lipinski definition) is 6. The fourth-order valence-corrected chi connectivity index (χ4v) is 4.13. The summed E-state index contributed by atoms with van der Waals surface area (Å²) in [7, 11) is 3.11. The molecule has 1 atom stereocenters. The van der Waals surface area contributed by atoms with Gasteiger partial charge in [-0.25, -0.2) is 9.97 Å². The summed E-state index contributed by atoms with van der Waals surface area (Å²) in [4.78, 5) is 9.17. The third-order valence-corrected chi connectivity index (χ3v) is 5.61. The zero-order valence-corrected chi connectivity index (χ0v) is 17.1. The second-order valence-electron chi connectivity index (χ2n) is 6.55. The van der Waals surface area contributed by atoms with Gasteiger partial charge in [-0.05, 0) is 24.6 Å². The lowest BCUT2D eigenvalue weighted by atomic mass is 10.0. The minimum absolute atomic E-state index is 0.340. The van der Waals surface area contributed by atoms with Gasteiger partial charge in [0.1, 0.15) is 11.5 Å². The van der Waals surface area contributed by atoms with E-state index in [0.29, 0.717) is 39.1 Å². The van der Waals surface area contributed by atoms with Gasteiger partial charge < -0.3 is 20.1 Å². The largest absolute Gasteiger partial charge is 0.495 e. The molecule has 1 fully saturated rings. The molecule has 2 aromatic carbocycles. The summed E-state index contributed by atoms with van der Waals surface area (Å²) in [6, 6.07) is 7.81. The third-order valence-electron chi connectivity index (χ3n) is 4.86. The molecule has 3 aromatic rings. The average Bonchev–Trinajstić information content (AvgIpc) is 3.21. The van der Waals surface area contributed by atoms with Crippen LogP contribution in [0.4, 0.5) is 5.95 Å². The van der Waals surface area contributed by atoms with E-state index in [0.717, 1.165) is 36.0 Å². The molecule has 1 aliphatic rings. The minimum Gasteiger partial charge on any atom is -0.495 e. The predicted octanol–water partition coefficient (Wildman–Crippen LogP) is 4.39. The van der Waals surface area contributed by atoms with Crippen molar-refractivity contribution < 1.29 is 9.47 Å². The molecule has 0 unspecified atom stereocenters. The Labute approximate surface area is 173 Å². The first-order valence-corrected chi connectivity index (χ1v) is 9.71. The highest BCUT2D eigenvalue weighted by atomic mass is 35.5. The number of methoxy groups -OCH3 is 2. The van der Waals surface area contributed by atoms with Gasteiger partial charge in [0.05, 0.1) is 29.8 Å². The molecule has 4 rings (SSSR count). The van der Waals surface area contributed by atoms with Crippen molar-refractivity contribution in [3.05, 3.63) is 40.5 Å². The maximum absolute atomic E-state index is 6.60. The topological polar surface area (TPSA) is 68.3 Å². The molecule has 0 spiro atoms. The van der Waals surface area contributed by atoms with Crippen molar-refractivity contribution in [2.45, 2.75) is 12.5 Å². The Morgan fingerprint density at radius 1 is 1.14 bits per heavy atom. The van der Waals surface area contributed by atoms with Crippen LogP contribution in [0, 0.1) is 0 Å². The predicted molar refractivity (Wildman–Crippen MR) is 113 cm³/mol. The molecule has 0 bridgehead atoms. The Hall–Kier alpha value is -2.28. The summed E-state index contributed by atoms with van der Waals surface area (Å²) < 4.78 is 10.8. The molecule has 2 heterocycles. The SMILES string of the molecule is COc1cc(OC)c(Cl)c(-c2cccc3nc(N[C@@H]4CCNC4)ncc23)c1Cl. The number of aromatic nitrogens is 2. The van der Waals surface area contributed by atoms with Gasteiger partial charge in [-0.15, -0.1) is 0 Å². The van der Waals surface area contributed by atoms with E-state index in [-0.39, 0.29) is 0 Å². The van der Waals surface area contributed by atoms with Gasteiger partial charge in [0.2, 0.25) is 5.95 Å².